The van der Waals surface area contributed by atoms with E-state index in [1.54, 1.807) is 0 Å². The second-order valence-electron chi connectivity index (χ2n) is 21.1. The van der Waals surface area contributed by atoms with Gasteiger partial charge in [-0.25, -0.2) is 18.2 Å². The number of hydrogen-bond donors (Lipinski definition) is 3. The Balaban J connectivity index is 1.12. The highest BCUT2D eigenvalue weighted by Crippen LogP contribution is 2.48. The average molecular weight is 949 g/mol. The first kappa shape index (κ1) is 49.0. The van der Waals surface area contributed by atoms with Crippen LogP contribution in [0.5, 0.6) is 11.6 Å². The summed E-state index contributed by atoms with van der Waals surface area (Å²) in [6.07, 6.45) is 12.2. The van der Waals surface area contributed by atoms with E-state index in [4.69, 9.17) is 23.9 Å². The van der Waals surface area contributed by atoms with Gasteiger partial charge in [-0.05, 0) is 114 Å². The molecule has 0 spiro atoms. The first-order valence-electron chi connectivity index (χ1n) is 24.8. The van der Waals surface area contributed by atoms with Gasteiger partial charge >= 0.3 is 6.09 Å². The molecule has 1 aromatic heterocycles. The summed E-state index contributed by atoms with van der Waals surface area (Å²) >= 11 is 0. The third-order valence-electron chi connectivity index (χ3n) is 15.1. The number of sulfonamides is 1. The van der Waals surface area contributed by atoms with Gasteiger partial charge in [0.15, 0.2) is 0 Å². The molecule has 3 N–H and O–H groups in total. The minimum Gasteiger partial charge on any atom is -0.492 e. The number of carbonyl (C=O) groups excluding carboxylic acids is 4. The van der Waals surface area contributed by atoms with Crippen LogP contribution >= 0.6 is 0 Å². The Morgan fingerprint density at radius 2 is 1.76 bits per heavy atom. The fourth-order valence-electron chi connectivity index (χ4n) is 10.9. The predicted octanol–water partition coefficient (Wildman–Crippen LogP) is 5.95. The minimum absolute atomic E-state index is 0.0221. The zero-order valence-corrected chi connectivity index (χ0v) is 40.8. The molecule has 5 fully saturated rings. The summed E-state index contributed by atoms with van der Waals surface area (Å²) < 4.78 is 53.0. The number of amides is 4. The van der Waals surface area contributed by atoms with Crippen molar-refractivity contribution in [1.29, 1.82) is 0 Å². The Labute approximate surface area is 396 Å². The van der Waals surface area contributed by atoms with Crippen LogP contribution in [-0.4, -0.2) is 128 Å². The van der Waals surface area contributed by atoms with Crippen LogP contribution in [-0.2, 0) is 40.3 Å². The van der Waals surface area contributed by atoms with Crippen molar-refractivity contribution in [2.75, 3.05) is 46.5 Å². The smallest absolute Gasteiger partial charge is 0.408 e. The molecule has 4 heterocycles. The summed E-state index contributed by atoms with van der Waals surface area (Å²) in [6, 6.07) is 5.58. The van der Waals surface area contributed by atoms with E-state index in [9.17, 15) is 22.8 Å². The summed E-state index contributed by atoms with van der Waals surface area (Å²) in [4.78, 5) is 66.7. The molecule has 368 valence electrons. The summed E-state index contributed by atoms with van der Waals surface area (Å²) in [5.41, 5.74) is -0.898. The van der Waals surface area contributed by atoms with E-state index >= 15 is 4.79 Å². The number of nitrogens with zero attached hydrogens (tertiary/aromatic N) is 3. The molecule has 16 nitrogen and oxygen atoms in total. The van der Waals surface area contributed by atoms with Crippen LogP contribution in [0.3, 0.4) is 0 Å². The topological polar surface area (TPSA) is 195 Å². The summed E-state index contributed by atoms with van der Waals surface area (Å²) in [5.74, 6) is -1.29. The Hall–Kier alpha value is -4.48. The van der Waals surface area contributed by atoms with Crippen LogP contribution in [0.15, 0.2) is 36.9 Å². The second-order valence-corrected chi connectivity index (χ2v) is 23.1. The van der Waals surface area contributed by atoms with Gasteiger partial charge in [-0.3, -0.25) is 19.1 Å². The number of methoxy groups -OCH3 is 1. The van der Waals surface area contributed by atoms with Gasteiger partial charge in [0.2, 0.25) is 27.7 Å². The maximum atomic E-state index is 15.1. The van der Waals surface area contributed by atoms with E-state index in [2.05, 4.69) is 26.8 Å². The Morgan fingerprint density at radius 3 is 2.48 bits per heavy atom. The molecule has 0 radical (unpaired) electrons. The minimum atomic E-state index is -4.16. The van der Waals surface area contributed by atoms with Crippen LogP contribution in [0.25, 0.3) is 10.9 Å². The molecule has 0 unspecified atom stereocenters. The molecule has 1 aromatic carbocycles. The number of likely N-dealkylation sites (tertiary alicyclic amines) is 1. The number of pyridine rings is 1. The number of aromatic nitrogens is 1. The molecule has 3 saturated carbocycles. The molecule has 3 aliphatic carbocycles. The van der Waals surface area contributed by atoms with Crippen molar-refractivity contribution in [1.82, 2.24) is 30.1 Å². The lowest BCUT2D eigenvalue weighted by Crippen LogP contribution is -2.60. The monoisotopic (exact) mass is 949 g/mol. The number of carbonyl (C=O) groups is 4. The van der Waals surface area contributed by atoms with Crippen molar-refractivity contribution < 1.29 is 46.5 Å². The number of benzene rings is 1. The van der Waals surface area contributed by atoms with Crippen LogP contribution in [0.1, 0.15) is 123 Å². The number of fused-ring (bicyclic) bond motifs is 5. The highest BCUT2D eigenvalue weighted by Gasteiger charge is 2.64. The van der Waals surface area contributed by atoms with Gasteiger partial charge < -0.3 is 39.4 Å². The van der Waals surface area contributed by atoms with Crippen molar-refractivity contribution >= 4 is 44.7 Å². The summed E-state index contributed by atoms with van der Waals surface area (Å²) in [5, 5.41) is 6.68. The van der Waals surface area contributed by atoms with Gasteiger partial charge in [0.05, 0.1) is 30.8 Å². The second kappa shape index (κ2) is 20.2. The molecule has 6 aliphatic rings. The molecule has 2 saturated heterocycles. The van der Waals surface area contributed by atoms with Gasteiger partial charge in [-0.1, -0.05) is 58.2 Å². The zero-order chi connectivity index (χ0) is 47.6. The summed E-state index contributed by atoms with van der Waals surface area (Å²) in [7, 11) is -2.75. The van der Waals surface area contributed by atoms with Crippen LogP contribution in [0, 0.1) is 17.3 Å². The maximum absolute atomic E-state index is 15.1. The summed E-state index contributed by atoms with van der Waals surface area (Å²) in [6.45, 7) is 13.0. The number of ether oxygens (including phenoxy) is 4. The number of para-hydroxylation sites is 1. The molecule has 17 heteroatoms. The standard InChI is InChI=1S/C50H72N6O10S/c1-6-34-30-50(34,46(59)54-67(61,62)49(23-24-49)32-63-5)53-43(57)39-29-35-31-56(39)45(58)42(48(2,3)4)52-47(60)66-40-22-15-18-33(40)17-9-7-10-20-37-41(64-28-16-27-55-25-13-8-14-26-55)36-19-11-12-21-38(36)51-44(37)65-35/h6,11-12,19,21,33-35,39-40,42H,1,7-10,13-18,20,22-32H2,2-5H3,(H,52,60)(H,53,57)(H,54,59)/t33-,34-,35-,39+,40-,42-,50-/m1/s1. The van der Waals surface area contributed by atoms with Crippen molar-refractivity contribution in [3.63, 3.8) is 0 Å². The molecule has 2 aromatic rings. The van der Waals surface area contributed by atoms with Crippen LogP contribution < -0.4 is 24.8 Å². The molecular weight excluding hydrogens is 877 g/mol. The molecule has 3 aliphatic heterocycles. The van der Waals surface area contributed by atoms with E-state index < -0.39 is 73.6 Å². The third-order valence-corrected chi connectivity index (χ3v) is 17.3. The molecule has 67 heavy (non-hydrogen) atoms. The zero-order valence-electron chi connectivity index (χ0n) is 39.9. The van der Waals surface area contributed by atoms with E-state index in [1.807, 2.05) is 45.0 Å². The fraction of sp³-hybridized carbons (Fsp3) is 0.700. The van der Waals surface area contributed by atoms with Gasteiger partial charge in [0.1, 0.15) is 40.3 Å². The average Bonchev–Trinajstić information content (AvgIpc) is 4.14. The van der Waals surface area contributed by atoms with Gasteiger partial charge in [0.25, 0.3) is 5.91 Å². The van der Waals surface area contributed by atoms with E-state index in [-0.39, 0.29) is 38.0 Å². The van der Waals surface area contributed by atoms with Gasteiger partial charge in [-0.15, -0.1) is 6.58 Å². The Bertz CT molecular complexity index is 2280. The van der Waals surface area contributed by atoms with Crippen molar-refractivity contribution in [2.24, 2.45) is 17.3 Å². The number of rotatable bonds is 13. The van der Waals surface area contributed by atoms with Crippen LogP contribution in [0.2, 0.25) is 0 Å². The number of hydrogen-bond acceptors (Lipinski definition) is 12. The molecular formula is C50H72N6O10S. The van der Waals surface area contributed by atoms with Crippen molar-refractivity contribution in [3.05, 3.63) is 42.5 Å². The fourth-order valence-corrected chi connectivity index (χ4v) is 12.4. The maximum Gasteiger partial charge on any atom is 0.408 e. The normalized spacial score (nSPS) is 29.2. The number of nitrogens with one attached hydrogen (secondary N) is 3. The van der Waals surface area contributed by atoms with Crippen molar-refractivity contribution in [3.8, 4) is 11.6 Å². The van der Waals surface area contributed by atoms with Crippen LogP contribution in [0.4, 0.5) is 4.79 Å². The number of alkyl carbamates (subject to hydrolysis) is 1. The predicted molar refractivity (Wildman–Crippen MR) is 253 cm³/mol. The quantitative estimate of drug-likeness (QED) is 0.158. The molecule has 2 bridgehead atoms. The first-order valence-corrected chi connectivity index (χ1v) is 26.3. The lowest BCUT2D eigenvalue weighted by Gasteiger charge is -2.35. The lowest BCUT2D eigenvalue weighted by molar-refractivity contribution is -0.143. The molecule has 8 rings (SSSR count). The Morgan fingerprint density at radius 1 is 1.01 bits per heavy atom. The third kappa shape index (κ3) is 10.7. The van der Waals surface area contributed by atoms with E-state index in [1.165, 1.54) is 37.3 Å². The van der Waals surface area contributed by atoms with Gasteiger partial charge in [0, 0.05) is 31.4 Å². The highest BCUT2D eigenvalue weighted by atomic mass is 32.2. The molecule has 7 atom stereocenters. The number of piperidine rings is 1. The Kier molecular flexibility index (Phi) is 14.8. The molecule has 4 amide bonds. The van der Waals surface area contributed by atoms with Crippen molar-refractivity contribution in [2.45, 2.75) is 158 Å². The SMILES string of the molecule is C=C[C@@H]1C[C@]1(NC(=O)[C@@H]1C[C@@H]2CN1C(=O)[C@H](C(C)(C)C)NC(=O)O[C@@H]1CCC[C@H]1CCCCCc1c(nc3ccccc3c1OCCCN1CCCCC1)O2)C(=O)NS(=O)(=O)C1(COC)CC1. The first-order chi connectivity index (χ1) is 32.1. The van der Waals surface area contributed by atoms with Gasteiger partial charge in [-0.2, -0.15) is 0 Å². The van der Waals surface area contributed by atoms with E-state index in [0.29, 0.717) is 37.3 Å². The van der Waals surface area contributed by atoms with E-state index in [0.717, 1.165) is 87.7 Å². The largest absolute Gasteiger partial charge is 0.492 e. The highest BCUT2D eigenvalue weighted by molar-refractivity contribution is 7.91. The lowest BCUT2D eigenvalue weighted by atomic mass is 9.85.